The molecule has 0 saturated carbocycles. The van der Waals surface area contributed by atoms with Gasteiger partial charge < -0.3 is 15.5 Å². The van der Waals surface area contributed by atoms with E-state index >= 15 is 0 Å². The number of piperazine rings is 1. The van der Waals surface area contributed by atoms with Gasteiger partial charge in [0.2, 0.25) is 0 Å². The monoisotopic (exact) mass is 322 g/mol. The Morgan fingerprint density at radius 1 is 1.29 bits per heavy atom. The van der Waals surface area contributed by atoms with Crippen molar-refractivity contribution in [2.24, 2.45) is 0 Å². The molecule has 1 aromatic heterocycles. The zero-order valence-electron chi connectivity index (χ0n) is 13.8. The molecule has 4 heterocycles. The third-order valence-corrected chi connectivity index (χ3v) is 4.87. The lowest BCUT2D eigenvalue weighted by atomic mass is 9.91. The maximum atomic E-state index is 12.5. The highest BCUT2D eigenvalue weighted by Gasteiger charge is 2.36. The van der Waals surface area contributed by atoms with E-state index in [9.17, 15) is 4.79 Å². The molecule has 24 heavy (non-hydrogen) atoms. The van der Waals surface area contributed by atoms with Crippen LogP contribution in [0.3, 0.4) is 0 Å². The third kappa shape index (κ3) is 2.99. The fourth-order valence-electron chi connectivity index (χ4n) is 3.52. The second kappa shape index (κ2) is 6.24. The summed E-state index contributed by atoms with van der Waals surface area (Å²) in [7, 11) is 0. The van der Waals surface area contributed by atoms with Crippen LogP contribution in [0.5, 0.6) is 0 Å². The average Bonchev–Trinajstić information content (AvgIpc) is 2.61. The van der Waals surface area contributed by atoms with E-state index in [0.717, 1.165) is 30.9 Å². The second-order valence-corrected chi connectivity index (χ2v) is 6.64. The van der Waals surface area contributed by atoms with Gasteiger partial charge in [0, 0.05) is 37.1 Å². The van der Waals surface area contributed by atoms with Crippen LogP contribution in [0.25, 0.3) is 0 Å². The molecule has 1 amide bonds. The predicted octanol–water partition coefficient (Wildman–Crippen LogP) is 2.45. The van der Waals surface area contributed by atoms with Crippen molar-refractivity contribution in [2.75, 3.05) is 23.3 Å². The summed E-state index contributed by atoms with van der Waals surface area (Å²) >= 11 is 0. The number of piperidine rings is 1. The van der Waals surface area contributed by atoms with E-state index in [1.165, 1.54) is 12.0 Å². The number of carbonyl (C=O) groups excluding carboxylic acids is 1. The van der Waals surface area contributed by atoms with Gasteiger partial charge in [-0.15, -0.1) is 0 Å². The van der Waals surface area contributed by atoms with E-state index in [-0.39, 0.29) is 5.91 Å². The zero-order chi connectivity index (χ0) is 16.5. The highest BCUT2D eigenvalue weighted by molar-refractivity contribution is 6.04. The van der Waals surface area contributed by atoms with Gasteiger partial charge in [0.05, 0.1) is 17.4 Å². The Hall–Kier alpha value is -2.40. The van der Waals surface area contributed by atoms with Crippen molar-refractivity contribution in [3.8, 4) is 0 Å². The number of rotatable bonds is 4. The third-order valence-electron chi connectivity index (χ3n) is 4.87. The first-order chi connectivity index (χ1) is 11.7. The van der Waals surface area contributed by atoms with Gasteiger partial charge in [0.15, 0.2) is 0 Å². The van der Waals surface area contributed by atoms with Gasteiger partial charge in [-0.05, 0) is 36.6 Å². The minimum Gasteiger partial charge on any atom is -0.367 e. The minimum absolute atomic E-state index is 0.113. The fraction of sp³-hybridized carbons (Fsp3) is 0.368. The van der Waals surface area contributed by atoms with Gasteiger partial charge >= 0.3 is 0 Å². The number of anilines is 2. The topological polar surface area (TPSA) is 57.3 Å². The lowest BCUT2D eigenvalue weighted by Gasteiger charge is -2.49. The molecule has 2 aromatic rings. The van der Waals surface area contributed by atoms with Crippen LogP contribution in [0.2, 0.25) is 0 Å². The largest absolute Gasteiger partial charge is 0.367 e. The molecule has 5 nitrogen and oxygen atoms in total. The lowest BCUT2D eigenvalue weighted by Crippen LogP contribution is -2.67. The number of nitrogens with one attached hydrogen (secondary N) is 2. The quantitative estimate of drug-likeness (QED) is 0.908. The van der Waals surface area contributed by atoms with Crippen molar-refractivity contribution in [2.45, 2.75) is 31.8 Å². The molecular formula is C19H22N4O. The normalized spacial score (nSPS) is 22.0. The molecule has 0 aliphatic carbocycles. The van der Waals surface area contributed by atoms with Crippen LogP contribution in [0, 0.1) is 0 Å². The van der Waals surface area contributed by atoms with Crippen molar-refractivity contribution in [1.82, 2.24) is 10.3 Å². The van der Waals surface area contributed by atoms with Crippen LogP contribution in [0.15, 0.2) is 42.7 Å². The smallest absolute Gasteiger partial charge is 0.257 e. The number of benzene rings is 1. The molecule has 2 bridgehead atoms. The molecule has 2 atom stereocenters. The van der Waals surface area contributed by atoms with Crippen LogP contribution in [-0.2, 0) is 6.42 Å². The highest BCUT2D eigenvalue weighted by atomic mass is 16.1. The lowest BCUT2D eigenvalue weighted by molar-refractivity contribution is 0.102. The van der Waals surface area contributed by atoms with Crippen LogP contribution < -0.4 is 15.5 Å². The Labute approximate surface area is 142 Å². The van der Waals surface area contributed by atoms with Gasteiger partial charge in [-0.3, -0.25) is 9.78 Å². The zero-order valence-corrected chi connectivity index (χ0v) is 13.8. The number of carbonyl (C=O) groups is 1. The molecule has 5 rings (SSSR count). The molecule has 3 saturated heterocycles. The Kier molecular flexibility index (Phi) is 3.94. The number of aromatic nitrogens is 1. The summed E-state index contributed by atoms with van der Waals surface area (Å²) in [5, 5.41) is 6.49. The molecule has 5 heteroatoms. The molecule has 3 fully saturated rings. The number of pyridine rings is 1. The van der Waals surface area contributed by atoms with Crippen molar-refractivity contribution < 1.29 is 4.79 Å². The standard InChI is InChI=1S/C19H22N4O/c1-2-13-4-3-5-15(6-13)22-19(24)14-7-18(10-20-9-14)23-11-16-8-17(12-23)21-16/h3-7,9-10,16-17,21H,2,8,11-12H2,1H3,(H,22,24). The number of fused-ring (bicyclic) bond motifs is 2. The molecule has 1 aromatic carbocycles. The molecular weight excluding hydrogens is 300 g/mol. The summed E-state index contributed by atoms with van der Waals surface area (Å²) in [4.78, 5) is 19.1. The summed E-state index contributed by atoms with van der Waals surface area (Å²) in [6, 6.07) is 11.1. The number of amides is 1. The number of nitrogens with zero attached hydrogens (tertiary/aromatic N) is 2. The first kappa shape index (κ1) is 15.1. The predicted molar refractivity (Wildman–Crippen MR) is 95.6 cm³/mol. The van der Waals surface area contributed by atoms with Gasteiger partial charge in [0.25, 0.3) is 5.91 Å². The summed E-state index contributed by atoms with van der Waals surface area (Å²) in [6.45, 7) is 4.08. The molecule has 3 aliphatic heterocycles. The van der Waals surface area contributed by atoms with Gasteiger partial charge in [-0.2, -0.15) is 0 Å². The first-order valence-electron chi connectivity index (χ1n) is 8.57. The Bertz CT molecular complexity index is 745. The highest BCUT2D eigenvalue weighted by Crippen LogP contribution is 2.26. The van der Waals surface area contributed by atoms with Crippen LogP contribution in [-0.4, -0.2) is 36.1 Å². The van der Waals surface area contributed by atoms with E-state index in [1.807, 2.05) is 30.5 Å². The fourth-order valence-corrected chi connectivity index (χ4v) is 3.52. The summed E-state index contributed by atoms with van der Waals surface area (Å²) < 4.78 is 0. The van der Waals surface area contributed by atoms with Gasteiger partial charge in [-0.25, -0.2) is 0 Å². The Morgan fingerprint density at radius 2 is 2.08 bits per heavy atom. The van der Waals surface area contributed by atoms with Crippen LogP contribution >= 0.6 is 0 Å². The maximum absolute atomic E-state index is 12.5. The SMILES string of the molecule is CCc1cccc(NC(=O)c2cncc(N3CC4CC(C3)N4)c2)c1. The Morgan fingerprint density at radius 3 is 2.83 bits per heavy atom. The first-order valence-corrected chi connectivity index (χ1v) is 8.57. The summed E-state index contributed by atoms with van der Waals surface area (Å²) in [5.74, 6) is -0.113. The molecule has 2 N–H and O–H groups in total. The average molecular weight is 322 g/mol. The summed E-state index contributed by atoms with van der Waals surface area (Å²) in [6.07, 6.45) is 5.69. The van der Waals surface area contributed by atoms with E-state index in [2.05, 4.69) is 33.5 Å². The van der Waals surface area contributed by atoms with E-state index in [1.54, 1.807) is 6.20 Å². The van der Waals surface area contributed by atoms with Crippen LogP contribution in [0.4, 0.5) is 11.4 Å². The Balaban J connectivity index is 1.49. The molecule has 0 spiro atoms. The second-order valence-electron chi connectivity index (χ2n) is 6.64. The van der Waals surface area contributed by atoms with E-state index in [4.69, 9.17) is 0 Å². The van der Waals surface area contributed by atoms with E-state index in [0.29, 0.717) is 17.6 Å². The van der Waals surface area contributed by atoms with E-state index < -0.39 is 0 Å². The maximum Gasteiger partial charge on any atom is 0.257 e. The molecule has 3 aliphatic rings. The van der Waals surface area contributed by atoms with Crippen molar-refractivity contribution >= 4 is 17.3 Å². The number of hydrogen-bond donors (Lipinski definition) is 2. The number of hydrogen-bond acceptors (Lipinski definition) is 4. The molecule has 2 unspecified atom stereocenters. The summed E-state index contributed by atoms with van der Waals surface area (Å²) in [5.41, 5.74) is 3.66. The van der Waals surface area contributed by atoms with Crippen LogP contribution in [0.1, 0.15) is 29.3 Å². The number of aryl methyl sites for hydroxylation is 1. The van der Waals surface area contributed by atoms with Crippen molar-refractivity contribution in [3.05, 3.63) is 53.9 Å². The molecule has 0 radical (unpaired) electrons. The van der Waals surface area contributed by atoms with Crippen molar-refractivity contribution in [3.63, 3.8) is 0 Å². The van der Waals surface area contributed by atoms with Gasteiger partial charge in [-0.1, -0.05) is 19.1 Å². The molecule has 124 valence electrons. The van der Waals surface area contributed by atoms with Gasteiger partial charge in [0.1, 0.15) is 0 Å². The minimum atomic E-state index is -0.113. The van der Waals surface area contributed by atoms with Crippen molar-refractivity contribution in [1.29, 1.82) is 0 Å².